The average Bonchev–Trinajstić information content (AvgIpc) is 2.83. The molecule has 3 heteroatoms. The first kappa shape index (κ1) is 14.0. The van der Waals surface area contributed by atoms with Gasteiger partial charge in [-0.2, -0.15) is 0 Å². The smallest absolute Gasteiger partial charge is 0.123 e. The van der Waals surface area contributed by atoms with Gasteiger partial charge in [-0.3, -0.25) is 4.90 Å². The van der Waals surface area contributed by atoms with E-state index in [9.17, 15) is 4.39 Å². The molecule has 0 bridgehead atoms. The van der Waals surface area contributed by atoms with Crippen molar-refractivity contribution in [3.05, 3.63) is 35.6 Å². The second-order valence-electron chi connectivity index (χ2n) is 6.50. The monoisotopic (exact) mass is 276 g/mol. The van der Waals surface area contributed by atoms with Crippen molar-refractivity contribution >= 4 is 0 Å². The summed E-state index contributed by atoms with van der Waals surface area (Å²) in [5.41, 5.74) is 7.29. The summed E-state index contributed by atoms with van der Waals surface area (Å²) >= 11 is 0. The molecule has 1 aromatic carbocycles. The van der Waals surface area contributed by atoms with E-state index in [0.29, 0.717) is 6.04 Å². The SMILES string of the molecule is CC(N)C(c1cccc(F)c1)N1CCC2CCCCC21. The summed E-state index contributed by atoms with van der Waals surface area (Å²) in [6, 6.07) is 7.82. The molecule has 2 aliphatic rings. The molecule has 3 rings (SSSR count). The highest BCUT2D eigenvalue weighted by atomic mass is 19.1. The van der Waals surface area contributed by atoms with Gasteiger partial charge in [0.1, 0.15) is 5.82 Å². The van der Waals surface area contributed by atoms with Crippen LogP contribution in [0.5, 0.6) is 0 Å². The highest BCUT2D eigenvalue weighted by molar-refractivity contribution is 5.22. The Morgan fingerprint density at radius 3 is 2.80 bits per heavy atom. The lowest BCUT2D eigenvalue weighted by molar-refractivity contribution is 0.118. The molecule has 2 nitrogen and oxygen atoms in total. The van der Waals surface area contributed by atoms with Gasteiger partial charge in [-0.25, -0.2) is 4.39 Å². The number of nitrogens with zero attached hydrogens (tertiary/aromatic N) is 1. The first-order chi connectivity index (χ1) is 9.66. The van der Waals surface area contributed by atoms with Crippen molar-refractivity contribution in [2.75, 3.05) is 6.54 Å². The van der Waals surface area contributed by atoms with E-state index in [2.05, 4.69) is 4.90 Å². The topological polar surface area (TPSA) is 29.3 Å². The van der Waals surface area contributed by atoms with Crippen LogP contribution in [0.15, 0.2) is 24.3 Å². The highest BCUT2D eigenvalue weighted by Gasteiger charge is 2.40. The number of hydrogen-bond acceptors (Lipinski definition) is 2. The van der Waals surface area contributed by atoms with Crippen LogP contribution < -0.4 is 5.73 Å². The van der Waals surface area contributed by atoms with Gasteiger partial charge in [0, 0.05) is 12.1 Å². The summed E-state index contributed by atoms with van der Waals surface area (Å²) in [5, 5.41) is 0. The Balaban J connectivity index is 1.87. The average molecular weight is 276 g/mol. The normalized spacial score (nSPS) is 29.9. The third-order valence-electron chi connectivity index (χ3n) is 5.10. The van der Waals surface area contributed by atoms with Crippen molar-refractivity contribution in [1.82, 2.24) is 4.90 Å². The molecule has 1 aromatic rings. The largest absolute Gasteiger partial charge is 0.326 e. The van der Waals surface area contributed by atoms with Gasteiger partial charge < -0.3 is 5.73 Å². The summed E-state index contributed by atoms with van der Waals surface area (Å²) in [5.74, 6) is 0.672. The van der Waals surface area contributed by atoms with Crippen molar-refractivity contribution in [3.8, 4) is 0 Å². The van der Waals surface area contributed by atoms with Gasteiger partial charge in [0.15, 0.2) is 0 Å². The van der Waals surface area contributed by atoms with Crippen molar-refractivity contribution < 1.29 is 4.39 Å². The summed E-state index contributed by atoms with van der Waals surface area (Å²) in [6.45, 7) is 3.16. The Bertz CT molecular complexity index is 460. The fraction of sp³-hybridized carbons (Fsp3) is 0.647. The summed E-state index contributed by atoms with van der Waals surface area (Å²) in [6.07, 6.45) is 6.62. The zero-order valence-electron chi connectivity index (χ0n) is 12.3. The maximum absolute atomic E-state index is 13.6. The predicted molar refractivity (Wildman–Crippen MR) is 79.9 cm³/mol. The number of rotatable bonds is 3. The second-order valence-corrected chi connectivity index (χ2v) is 6.50. The zero-order valence-corrected chi connectivity index (χ0v) is 12.3. The first-order valence-corrected chi connectivity index (χ1v) is 7.93. The lowest BCUT2D eigenvalue weighted by atomic mass is 9.84. The van der Waals surface area contributed by atoms with Crippen LogP contribution in [0.1, 0.15) is 50.6 Å². The zero-order chi connectivity index (χ0) is 14.1. The molecule has 20 heavy (non-hydrogen) atoms. The van der Waals surface area contributed by atoms with Gasteiger partial charge >= 0.3 is 0 Å². The van der Waals surface area contributed by atoms with Crippen LogP contribution in [0.2, 0.25) is 0 Å². The third-order valence-corrected chi connectivity index (χ3v) is 5.10. The molecule has 0 amide bonds. The van der Waals surface area contributed by atoms with E-state index < -0.39 is 0 Å². The fourth-order valence-corrected chi connectivity index (χ4v) is 4.28. The van der Waals surface area contributed by atoms with Crippen LogP contribution in [0, 0.1) is 11.7 Å². The Labute approximate surface area is 121 Å². The van der Waals surface area contributed by atoms with Crippen molar-refractivity contribution in [1.29, 1.82) is 0 Å². The maximum atomic E-state index is 13.6. The van der Waals surface area contributed by atoms with Gasteiger partial charge in [-0.15, -0.1) is 0 Å². The van der Waals surface area contributed by atoms with Gasteiger partial charge in [-0.05, 0) is 56.3 Å². The molecule has 110 valence electrons. The van der Waals surface area contributed by atoms with E-state index in [1.165, 1.54) is 38.2 Å². The van der Waals surface area contributed by atoms with E-state index in [1.54, 1.807) is 12.1 Å². The quantitative estimate of drug-likeness (QED) is 0.916. The summed E-state index contributed by atoms with van der Waals surface area (Å²) < 4.78 is 13.6. The lowest BCUT2D eigenvalue weighted by Crippen LogP contribution is -2.44. The fourth-order valence-electron chi connectivity index (χ4n) is 4.28. The predicted octanol–water partition coefficient (Wildman–Crippen LogP) is 3.48. The molecule has 1 saturated carbocycles. The summed E-state index contributed by atoms with van der Waals surface area (Å²) in [7, 11) is 0. The molecular weight excluding hydrogens is 251 g/mol. The van der Waals surface area contributed by atoms with Crippen molar-refractivity contribution in [2.45, 2.75) is 57.2 Å². The van der Waals surface area contributed by atoms with Crippen LogP contribution in [-0.4, -0.2) is 23.5 Å². The lowest BCUT2D eigenvalue weighted by Gasteiger charge is -2.39. The number of halogens is 1. The Kier molecular flexibility index (Phi) is 4.08. The van der Waals surface area contributed by atoms with Crippen molar-refractivity contribution in [2.24, 2.45) is 11.7 Å². The van der Waals surface area contributed by atoms with Crippen molar-refractivity contribution in [3.63, 3.8) is 0 Å². The van der Waals surface area contributed by atoms with Gasteiger partial charge in [0.05, 0.1) is 6.04 Å². The minimum absolute atomic E-state index is 0.0254. The Morgan fingerprint density at radius 2 is 2.05 bits per heavy atom. The van der Waals surface area contributed by atoms with Gasteiger partial charge in [0.25, 0.3) is 0 Å². The molecule has 0 aromatic heterocycles. The minimum Gasteiger partial charge on any atom is -0.326 e. The van der Waals surface area contributed by atoms with E-state index in [-0.39, 0.29) is 17.9 Å². The molecule has 4 atom stereocenters. The molecule has 0 radical (unpaired) electrons. The number of fused-ring (bicyclic) bond motifs is 1. The number of benzene rings is 1. The standard InChI is InChI=1S/C17H25FN2/c1-12(19)17(14-6-4-7-15(18)11-14)20-10-9-13-5-2-3-8-16(13)20/h4,6-7,11-13,16-17H,2-3,5,8-10,19H2,1H3. The van der Waals surface area contributed by atoms with Crippen LogP contribution >= 0.6 is 0 Å². The van der Waals surface area contributed by atoms with E-state index in [4.69, 9.17) is 5.73 Å². The summed E-state index contributed by atoms with van der Waals surface area (Å²) in [4.78, 5) is 2.56. The Morgan fingerprint density at radius 1 is 1.25 bits per heavy atom. The second kappa shape index (κ2) is 5.82. The molecule has 0 spiro atoms. The molecular formula is C17H25FN2. The highest BCUT2D eigenvalue weighted by Crippen LogP contribution is 2.41. The Hall–Kier alpha value is -0.930. The van der Waals surface area contributed by atoms with E-state index in [1.807, 2.05) is 13.0 Å². The number of hydrogen-bond donors (Lipinski definition) is 1. The maximum Gasteiger partial charge on any atom is 0.123 e. The van der Waals surface area contributed by atoms with Crippen LogP contribution in [-0.2, 0) is 0 Å². The van der Waals surface area contributed by atoms with Crippen LogP contribution in [0.25, 0.3) is 0 Å². The van der Waals surface area contributed by atoms with E-state index in [0.717, 1.165) is 18.0 Å². The molecule has 1 aliphatic carbocycles. The number of nitrogens with two attached hydrogens (primary N) is 1. The molecule has 1 aliphatic heterocycles. The number of likely N-dealkylation sites (tertiary alicyclic amines) is 1. The molecule has 1 saturated heterocycles. The van der Waals surface area contributed by atoms with Crippen LogP contribution in [0.3, 0.4) is 0 Å². The van der Waals surface area contributed by atoms with Crippen LogP contribution in [0.4, 0.5) is 4.39 Å². The molecule has 4 unspecified atom stereocenters. The van der Waals surface area contributed by atoms with Gasteiger partial charge in [-0.1, -0.05) is 25.0 Å². The van der Waals surface area contributed by atoms with E-state index >= 15 is 0 Å². The van der Waals surface area contributed by atoms with Gasteiger partial charge in [0.2, 0.25) is 0 Å². The molecule has 1 heterocycles. The molecule has 2 N–H and O–H groups in total. The molecule has 2 fully saturated rings. The minimum atomic E-state index is -0.160. The first-order valence-electron chi connectivity index (χ1n) is 7.93. The third kappa shape index (κ3) is 2.61.